The normalized spacial score (nSPS) is 11.4. The van der Waals surface area contributed by atoms with Gasteiger partial charge in [0.2, 0.25) is 10.0 Å². The minimum Gasteiger partial charge on any atom is -0.478 e. The third-order valence-electron chi connectivity index (χ3n) is 2.64. The molecule has 7 heteroatoms. The molecular weight excluding hydrogens is 298 g/mol. The number of nitrogens with one attached hydrogen (secondary N) is 1. The maximum Gasteiger partial charge on any atom is 0.336 e. The van der Waals surface area contributed by atoms with Crippen LogP contribution >= 0.6 is 11.3 Å². The molecule has 0 amide bonds. The SMILES string of the molecule is Cc1cccc(CNS(=O)(=O)c2cc(C(=O)O)cs2)c1. The van der Waals surface area contributed by atoms with Gasteiger partial charge in [-0.3, -0.25) is 0 Å². The van der Waals surface area contributed by atoms with E-state index in [1.807, 2.05) is 31.2 Å². The molecule has 2 aromatic rings. The number of aryl methyl sites for hydroxylation is 1. The molecule has 1 aromatic carbocycles. The third-order valence-corrected chi connectivity index (χ3v) is 5.48. The molecule has 0 atom stereocenters. The Morgan fingerprint density at radius 2 is 2.10 bits per heavy atom. The second-order valence-electron chi connectivity index (χ2n) is 4.27. The predicted molar refractivity (Wildman–Crippen MR) is 76.5 cm³/mol. The van der Waals surface area contributed by atoms with Crippen LogP contribution in [0.15, 0.2) is 39.9 Å². The van der Waals surface area contributed by atoms with Gasteiger partial charge in [-0.2, -0.15) is 0 Å². The fourth-order valence-corrected chi connectivity index (χ4v) is 3.86. The predicted octanol–water partition coefficient (Wildman–Crippen LogP) is 2.23. The Kier molecular flexibility index (Phi) is 4.22. The maximum absolute atomic E-state index is 12.0. The van der Waals surface area contributed by atoms with E-state index in [0.29, 0.717) is 0 Å². The Balaban J connectivity index is 2.12. The van der Waals surface area contributed by atoms with Crippen molar-refractivity contribution in [3.05, 3.63) is 52.4 Å². The molecule has 0 aliphatic rings. The quantitative estimate of drug-likeness (QED) is 0.887. The molecule has 0 fully saturated rings. The van der Waals surface area contributed by atoms with Gasteiger partial charge in [0, 0.05) is 11.9 Å². The van der Waals surface area contributed by atoms with Crippen LogP contribution in [0.1, 0.15) is 21.5 Å². The third kappa shape index (κ3) is 3.44. The van der Waals surface area contributed by atoms with Crippen molar-refractivity contribution in [3.63, 3.8) is 0 Å². The zero-order valence-corrected chi connectivity index (χ0v) is 12.3. The molecule has 0 unspecified atom stereocenters. The van der Waals surface area contributed by atoms with Crippen LogP contribution < -0.4 is 4.72 Å². The monoisotopic (exact) mass is 311 g/mol. The van der Waals surface area contributed by atoms with Crippen molar-refractivity contribution in [2.75, 3.05) is 0 Å². The molecule has 0 spiro atoms. The van der Waals surface area contributed by atoms with E-state index < -0.39 is 16.0 Å². The molecule has 0 bridgehead atoms. The number of rotatable bonds is 5. The first-order valence-corrected chi connectivity index (χ1v) is 8.12. The van der Waals surface area contributed by atoms with Crippen molar-refractivity contribution in [1.82, 2.24) is 4.72 Å². The van der Waals surface area contributed by atoms with Crippen LogP contribution in [-0.4, -0.2) is 19.5 Å². The molecule has 106 valence electrons. The zero-order chi connectivity index (χ0) is 14.8. The van der Waals surface area contributed by atoms with Gasteiger partial charge in [-0.15, -0.1) is 11.3 Å². The lowest BCUT2D eigenvalue weighted by Gasteiger charge is -2.05. The number of carbonyl (C=O) groups is 1. The minimum absolute atomic E-state index is 0.00236. The molecule has 2 N–H and O–H groups in total. The molecule has 5 nitrogen and oxygen atoms in total. The van der Waals surface area contributed by atoms with E-state index in [1.54, 1.807) is 0 Å². The second-order valence-corrected chi connectivity index (χ2v) is 7.18. The van der Waals surface area contributed by atoms with E-state index in [0.717, 1.165) is 28.5 Å². The fraction of sp³-hybridized carbons (Fsp3) is 0.154. The molecule has 0 saturated heterocycles. The van der Waals surface area contributed by atoms with Gasteiger partial charge in [0.05, 0.1) is 5.56 Å². The van der Waals surface area contributed by atoms with E-state index in [1.165, 1.54) is 5.38 Å². The molecule has 0 saturated carbocycles. The lowest BCUT2D eigenvalue weighted by atomic mass is 10.1. The van der Waals surface area contributed by atoms with Crippen LogP contribution in [0.2, 0.25) is 0 Å². The van der Waals surface area contributed by atoms with Crippen LogP contribution in [0.5, 0.6) is 0 Å². The lowest BCUT2D eigenvalue weighted by Crippen LogP contribution is -2.22. The molecule has 0 aliphatic heterocycles. The van der Waals surface area contributed by atoms with Gasteiger partial charge in [0.15, 0.2) is 0 Å². The van der Waals surface area contributed by atoms with Gasteiger partial charge in [-0.05, 0) is 18.6 Å². The highest BCUT2D eigenvalue weighted by atomic mass is 32.2. The Morgan fingerprint density at radius 3 is 2.70 bits per heavy atom. The summed E-state index contributed by atoms with van der Waals surface area (Å²) in [5, 5.41) is 10.1. The molecule has 0 radical (unpaired) electrons. The van der Waals surface area contributed by atoms with E-state index >= 15 is 0 Å². The Labute approximate surface area is 120 Å². The first-order valence-electron chi connectivity index (χ1n) is 5.75. The number of aromatic carboxylic acids is 1. The standard InChI is InChI=1S/C13H13NO4S2/c1-9-3-2-4-10(5-9)7-14-20(17,18)12-6-11(8-19-12)13(15)16/h2-6,8,14H,7H2,1H3,(H,15,16). The Hall–Kier alpha value is -1.70. The summed E-state index contributed by atoms with van der Waals surface area (Å²) in [6, 6.07) is 8.65. The average molecular weight is 311 g/mol. The maximum atomic E-state index is 12.0. The minimum atomic E-state index is -3.68. The van der Waals surface area contributed by atoms with Crippen molar-refractivity contribution in [2.45, 2.75) is 17.7 Å². The first kappa shape index (κ1) is 14.7. The van der Waals surface area contributed by atoms with Crippen molar-refractivity contribution in [1.29, 1.82) is 0 Å². The van der Waals surface area contributed by atoms with E-state index in [-0.39, 0.29) is 16.3 Å². The topological polar surface area (TPSA) is 83.5 Å². The fourth-order valence-electron chi connectivity index (χ4n) is 1.64. The van der Waals surface area contributed by atoms with Gasteiger partial charge in [-0.1, -0.05) is 29.8 Å². The number of hydrogen-bond acceptors (Lipinski definition) is 4. The number of hydrogen-bond donors (Lipinski definition) is 2. The molecule has 1 heterocycles. The smallest absolute Gasteiger partial charge is 0.336 e. The highest BCUT2D eigenvalue weighted by Crippen LogP contribution is 2.20. The Bertz CT molecular complexity index is 734. The van der Waals surface area contributed by atoms with Crippen LogP contribution in [0.25, 0.3) is 0 Å². The summed E-state index contributed by atoms with van der Waals surface area (Å²) in [5.41, 5.74) is 1.88. The highest BCUT2D eigenvalue weighted by Gasteiger charge is 2.18. The lowest BCUT2D eigenvalue weighted by molar-refractivity contribution is 0.0697. The number of sulfonamides is 1. The summed E-state index contributed by atoms with van der Waals surface area (Å²) in [6.07, 6.45) is 0. The molecule has 2 rings (SSSR count). The van der Waals surface area contributed by atoms with Gasteiger partial charge in [0.1, 0.15) is 4.21 Å². The molecular formula is C13H13NO4S2. The van der Waals surface area contributed by atoms with Gasteiger partial charge >= 0.3 is 5.97 Å². The summed E-state index contributed by atoms with van der Waals surface area (Å²) in [5.74, 6) is -1.14. The van der Waals surface area contributed by atoms with E-state index in [2.05, 4.69) is 4.72 Å². The Morgan fingerprint density at radius 1 is 1.35 bits per heavy atom. The van der Waals surface area contributed by atoms with E-state index in [9.17, 15) is 13.2 Å². The van der Waals surface area contributed by atoms with Crippen LogP contribution in [0.3, 0.4) is 0 Å². The van der Waals surface area contributed by atoms with Gasteiger partial charge in [-0.25, -0.2) is 17.9 Å². The van der Waals surface area contributed by atoms with E-state index in [4.69, 9.17) is 5.11 Å². The summed E-state index contributed by atoms with van der Waals surface area (Å²) in [4.78, 5) is 10.7. The van der Waals surface area contributed by atoms with Crippen molar-refractivity contribution < 1.29 is 18.3 Å². The number of benzene rings is 1. The largest absolute Gasteiger partial charge is 0.478 e. The van der Waals surface area contributed by atoms with Gasteiger partial charge < -0.3 is 5.11 Å². The molecule has 0 aliphatic carbocycles. The van der Waals surface area contributed by atoms with Crippen LogP contribution in [-0.2, 0) is 16.6 Å². The van der Waals surface area contributed by atoms with Crippen LogP contribution in [0.4, 0.5) is 0 Å². The number of thiophene rings is 1. The van der Waals surface area contributed by atoms with Crippen molar-refractivity contribution in [2.24, 2.45) is 0 Å². The molecule has 20 heavy (non-hydrogen) atoms. The average Bonchev–Trinajstić information content (AvgIpc) is 2.87. The van der Waals surface area contributed by atoms with Gasteiger partial charge in [0.25, 0.3) is 0 Å². The second kappa shape index (κ2) is 5.74. The summed E-state index contributed by atoms with van der Waals surface area (Å²) in [7, 11) is -3.68. The van der Waals surface area contributed by atoms with Crippen molar-refractivity contribution in [3.8, 4) is 0 Å². The first-order chi connectivity index (χ1) is 9.38. The summed E-state index contributed by atoms with van der Waals surface area (Å²) >= 11 is 0.892. The summed E-state index contributed by atoms with van der Waals surface area (Å²) in [6.45, 7) is 2.10. The number of carboxylic acids is 1. The van der Waals surface area contributed by atoms with Crippen LogP contribution in [0, 0.1) is 6.92 Å². The summed E-state index contributed by atoms with van der Waals surface area (Å²) < 4.78 is 26.5. The highest BCUT2D eigenvalue weighted by molar-refractivity contribution is 7.91. The number of carboxylic acid groups (broad SMARTS) is 1. The zero-order valence-electron chi connectivity index (χ0n) is 10.7. The van der Waals surface area contributed by atoms with Crippen molar-refractivity contribution >= 4 is 27.3 Å². The molecule has 1 aromatic heterocycles.